The van der Waals surface area contributed by atoms with E-state index in [2.05, 4.69) is 10.2 Å². The number of aliphatic carboxylic acids is 1. The molecule has 2 N–H and O–H groups in total. The summed E-state index contributed by atoms with van der Waals surface area (Å²) in [4.78, 5) is 11.1. The average molecular weight is 227 g/mol. The molecule has 90 valence electrons. The second-order valence-corrected chi connectivity index (χ2v) is 3.93. The van der Waals surface area contributed by atoms with Gasteiger partial charge in [-0.25, -0.2) is 4.79 Å². The average Bonchev–Trinajstić information content (AvgIpc) is 2.64. The SMILES string of the molecule is CCC(C)c1nncn1C(C(=O)O)C(C)O. The summed E-state index contributed by atoms with van der Waals surface area (Å²) >= 11 is 0. The molecule has 0 aliphatic rings. The summed E-state index contributed by atoms with van der Waals surface area (Å²) in [7, 11) is 0. The highest BCUT2D eigenvalue weighted by Gasteiger charge is 2.28. The number of aliphatic hydroxyl groups excluding tert-OH is 1. The van der Waals surface area contributed by atoms with Gasteiger partial charge in [-0.2, -0.15) is 0 Å². The molecule has 1 aromatic rings. The Morgan fingerprint density at radius 1 is 1.56 bits per heavy atom. The van der Waals surface area contributed by atoms with Gasteiger partial charge in [-0.3, -0.25) is 0 Å². The summed E-state index contributed by atoms with van der Waals surface area (Å²) in [6.07, 6.45) is 1.20. The summed E-state index contributed by atoms with van der Waals surface area (Å²) < 4.78 is 1.43. The minimum atomic E-state index is -1.08. The van der Waals surface area contributed by atoms with Gasteiger partial charge in [0.2, 0.25) is 0 Å². The van der Waals surface area contributed by atoms with E-state index in [1.54, 1.807) is 0 Å². The molecule has 0 saturated carbocycles. The highest BCUT2D eigenvalue weighted by atomic mass is 16.4. The van der Waals surface area contributed by atoms with Gasteiger partial charge in [0.25, 0.3) is 0 Å². The molecule has 3 unspecified atom stereocenters. The topological polar surface area (TPSA) is 88.2 Å². The number of aromatic nitrogens is 3. The number of carboxylic acids is 1. The molecule has 1 heterocycles. The first-order chi connectivity index (χ1) is 7.49. The normalized spacial score (nSPS) is 16.8. The molecule has 0 saturated heterocycles. The number of carbonyl (C=O) groups is 1. The fourth-order valence-electron chi connectivity index (χ4n) is 1.56. The molecule has 0 spiro atoms. The first kappa shape index (κ1) is 12.6. The first-order valence-electron chi connectivity index (χ1n) is 5.29. The number of rotatable bonds is 5. The van der Waals surface area contributed by atoms with Crippen LogP contribution in [-0.4, -0.2) is 37.1 Å². The fourth-order valence-corrected chi connectivity index (χ4v) is 1.56. The Hall–Kier alpha value is -1.43. The van der Waals surface area contributed by atoms with Gasteiger partial charge >= 0.3 is 5.97 Å². The van der Waals surface area contributed by atoms with Gasteiger partial charge in [-0.1, -0.05) is 13.8 Å². The highest BCUT2D eigenvalue weighted by molar-refractivity contribution is 5.72. The van der Waals surface area contributed by atoms with Gasteiger partial charge < -0.3 is 14.8 Å². The maximum Gasteiger partial charge on any atom is 0.329 e. The maximum atomic E-state index is 11.1. The predicted molar refractivity (Wildman–Crippen MR) is 57.1 cm³/mol. The van der Waals surface area contributed by atoms with Crippen molar-refractivity contribution in [3.63, 3.8) is 0 Å². The highest BCUT2D eigenvalue weighted by Crippen LogP contribution is 2.21. The maximum absolute atomic E-state index is 11.1. The van der Waals surface area contributed by atoms with E-state index in [9.17, 15) is 9.90 Å². The van der Waals surface area contributed by atoms with Crippen LogP contribution < -0.4 is 0 Å². The molecule has 0 fully saturated rings. The van der Waals surface area contributed by atoms with Crippen molar-refractivity contribution in [1.82, 2.24) is 14.8 Å². The third-order valence-corrected chi connectivity index (χ3v) is 2.66. The van der Waals surface area contributed by atoms with Gasteiger partial charge in [0, 0.05) is 5.92 Å². The Morgan fingerprint density at radius 2 is 2.19 bits per heavy atom. The van der Waals surface area contributed by atoms with Crippen molar-refractivity contribution in [3.8, 4) is 0 Å². The number of hydrogen-bond acceptors (Lipinski definition) is 4. The van der Waals surface area contributed by atoms with Crippen LogP contribution in [0.3, 0.4) is 0 Å². The molecule has 0 aliphatic carbocycles. The minimum absolute atomic E-state index is 0.114. The van der Waals surface area contributed by atoms with Crippen molar-refractivity contribution in [2.24, 2.45) is 0 Å². The first-order valence-corrected chi connectivity index (χ1v) is 5.29. The molecule has 6 heteroatoms. The van der Waals surface area contributed by atoms with E-state index in [-0.39, 0.29) is 5.92 Å². The molecule has 1 rings (SSSR count). The largest absolute Gasteiger partial charge is 0.480 e. The zero-order chi connectivity index (χ0) is 12.3. The lowest BCUT2D eigenvalue weighted by Crippen LogP contribution is -2.30. The molecular weight excluding hydrogens is 210 g/mol. The van der Waals surface area contributed by atoms with E-state index in [1.165, 1.54) is 17.8 Å². The minimum Gasteiger partial charge on any atom is -0.480 e. The molecule has 0 bridgehead atoms. The lowest BCUT2D eigenvalue weighted by molar-refractivity contribution is -0.144. The van der Waals surface area contributed by atoms with Crippen molar-refractivity contribution in [3.05, 3.63) is 12.2 Å². The van der Waals surface area contributed by atoms with Crippen molar-refractivity contribution in [2.45, 2.75) is 45.3 Å². The van der Waals surface area contributed by atoms with E-state index in [4.69, 9.17) is 5.11 Å². The second-order valence-electron chi connectivity index (χ2n) is 3.93. The van der Waals surface area contributed by atoms with Crippen molar-refractivity contribution >= 4 is 5.97 Å². The van der Waals surface area contributed by atoms with Crippen LogP contribution in [0.2, 0.25) is 0 Å². The van der Waals surface area contributed by atoms with Crippen LogP contribution in [-0.2, 0) is 4.79 Å². The zero-order valence-electron chi connectivity index (χ0n) is 9.66. The summed E-state index contributed by atoms with van der Waals surface area (Å²) in [6, 6.07) is -1.03. The monoisotopic (exact) mass is 227 g/mol. The summed E-state index contributed by atoms with van der Waals surface area (Å²) in [5, 5.41) is 26.2. The summed E-state index contributed by atoms with van der Waals surface area (Å²) in [5.41, 5.74) is 0. The molecule has 0 amide bonds. The standard InChI is InChI=1S/C10H17N3O3/c1-4-6(2)9-12-11-5-13(9)8(7(3)14)10(15)16/h5-8,14H,4H2,1-3H3,(H,15,16). The van der Waals surface area contributed by atoms with Crippen LogP contribution in [0.15, 0.2) is 6.33 Å². The van der Waals surface area contributed by atoms with Crippen LogP contribution in [0.1, 0.15) is 45.0 Å². The van der Waals surface area contributed by atoms with E-state index in [1.807, 2.05) is 13.8 Å². The summed E-state index contributed by atoms with van der Waals surface area (Å²) in [6.45, 7) is 5.38. The van der Waals surface area contributed by atoms with E-state index < -0.39 is 18.1 Å². The molecule has 0 aliphatic heterocycles. The van der Waals surface area contributed by atoms with E-state index in [0.29, 0.717) is 5.82 Å². The number of nitrogens with zero attached hydrogens (tertiary/aromatic N) is 3. The fraction of sp³-hybridized carbons (Fsp3) is 0.700. The second kappa shape index (κ2) is 5.07. The molecule has 1 aromatic heterocycles. The van der Waals surface area contributed by atoms with Crippen LogP contribution >= 0.6 is 0 Å². The van der Waals surface area contributed by atoms with Gasteiger partial charge in [0.05, 0.1) is 6.10 Å². The number of carboxylic acid groups (broad SMARTS) is 1. The summed E-state index contributed by atoms with van der Waals surface area (Å²) in [5.74, 6) is -0.377. The van der Waals surface area contributed by atoms with Crippen molar-refractivity contribution in [1.29, 1.82) is 0 Å². The number of aliphatic hydroxyl groups is 1. The third kappa shape index (κ3) is 2.38. The lowest BCUT2D eigenvalue weighted by Gasteiger charge is -2.20. The van der Waals surface area contributed by atoms with Crippen LogP contribution in [0.4, 0.5) is 0 Å². The Balaban J connectivity index is 3.10. The van der Waals surface area contributed by atoms with Crippen molar-refractivity contribution in [2.75, 3.05) is 0 Å². The molecule has 0 aromatic carbocycles. The third-order valence-electron chi connectivity index (χ3n) is 2.66. The number of hydrogen-bond donors (Lipinski definition) is 2. The molecule has 6 nitrogen and oxygen atoms in total. The Bertz CT molecular complexity index is 362. The van der Waals surface area contributed by atoms with E-state index >= 15 is 0 Å². The van der Waals surface area contributed by atoms with Gasteiger partial charge in [0.15, 0.2) is 6.04 Å². The van der Waals surface area contributed by atoms with Crippen LogP contribution in [0.5, 0.6) is 0 Å². The molecule has 0 radical (unpaired) electrons. The predicted octanol–water partition coefficient (Wildman–Crippen LogP) is 0.798. The van der Waals surface area contributed by atoms with E-state index in [0.717, 1.165) is 6.42 Å². The Kier molecular flexibility index (Phi) is 4.00. The Morgan fingerprint density at radius 3 is 2.62 bits per heavy atom. The van der Waals surface area contributed by atoms with Gasteiger partial charge in [0.1, 0.15) is 12.2 Å². The lowest BCUT2D eigenvalue weighted by atomic mass is 10.1. The molecule has 3 atom stereocenters. The van der Waals surface area contributed by atoms with Crippen LogP contribution in [0.25, 0.3) is 0 Å². The zero-order valence-corrected chi connectivity index (χ0v) is 9.66. The van der Waals surface area contributed by atoms with Gasteiger partial charge in [-0.15, -0.1) is 10.2 Å². The molecule has 16 heavy (non-hydrogen) atoms. The van der Waals surface area contributed by atoms with Crippen molar-refractivity contribution < 1.29 is 15.0 Å². The van der Waals surface area contributed by atoms with Crippen LogP contribution in [0, 0.1) is 0 Å². The smallest absolute Gasteiger partial charge is 0.329 e. The molecular formula is C10H17N3O3. The quantitative estimate of drug-likeness (QED) is 0.776. The van der Waals surface area contributed by atoms with Gasteiger partial charge in [-0.05, 0) is 13.3 Å². The Labute approximate surface area is 93.9 Å².